The summed E-state index contributed by atoms with van der Waals surface area (Å²) in [6.07, 6.45) is 2.36. The number of rotatable bonds is 4. The molecule has 0 fully saturated rings. The molecule has 0 amide bonds. The summed E-state index contributed by atoms with van der Waals surface area (Å²) in [4.78, 5) is 19.8. The number of carbonyl (C=O) groups is 1. The zero-order valence-electron chi connectivity index (χ0n) is 12.9. The molecule has 0 bridgehead atoms. The van der Waals surface area contributed by atoms with Crippen LogP contribution in [0.4, 0.5) is 0 Å². The van der Waals surface area contributed by atoms with Crippen LogP contribution < -0.4 is 4.74 Å². The van der Waals surface area contributed by atoms with Crippen molar-refractivity contribution in [2.24, 2.45) is 0 Å². The summed E-state index contributed by atoms with van der Waals surface area (Å²) in [5, 5.41) is 1.96. The molecule has 5 nitrogen and oxygen atoms in total. The average molecular weight is 298 g/mol. The predicted molar refractivity (Wildman–Crippen MR) is 85.5 cm³/mol. The molecule has 5 heteroatoms. The van der Waals surface area contributed by atoms with Crippen molar-refractivity contribution >= 4 is 27.8 Å². The van der Waals surface area contributed by atoms with Gasteiger partial charge in [0.15, 0.2) is 5.69 Å². The highest BCUT2D eigenvalue weighted by molar-refractivity contribution is 6.13. The van der Waals surface area contributed by atoms with E-state index in [0.29, 0.717) is 18.7 Å². The largest absolute Gasteiger partial charge is 0.496 e. The van der Waals surface area contributed by atoms with Gasteiger partial charge in [0.2, 0.25) is 0 Å². The summed E-state index contributed by atoms with van der Waals surface area (Å²) >= 11 is 0. The Hall–Kier alpha value is -2.56. The zero-order chi connectivity index (χ0) is 15.7. The van der Waals surface area contributed by atoms with Gasteiger partial charge in [0, 0.05) is 10.8 Å². The molecular formula is C17H18N2O3. The van der Waals surface area contributed by atoms with Gasteiger partial charge in [-0.25, -0.2) is 9.78 Å². The first kappa shape index (κ1) is 14.4. The number of nitrogens with one attached hydrogen (secondary N) is 1. The van der Waals surface area contributed by atoms with Crippen LogP contribution in [0.5, 0.6) is 5.75 Å². The Kier molecular flexibility index (Phi) is 3.71. The summed E-state index contributed by atoms with van der Waals surface area (Å²) in [6.45, 7) is 4.13. The SMILES string of the molecule is CCOC(=O)c1ncc2[nH]c3cccc(OC)c3c2c1CC. The third-order valence-corrected chi connectivity index (χ3v) is 3.77. The number of nitrogens with zero attached hydrogens (tertiary/aromatic N) is 1. The second kappa shape index (κ2) is 5.67. The minimum Gasteiger partial charge on any atom is -0.496 e. The maximum Gasteiger partial charge on any atom is 0.357 e. The lowest BCUT2D eigenvalue weighted by molar-refractivity contribution is 0.0518. The first-order valence-electron chi connectivity index (χ1n) is 7.34. The van der Waals surface area contributed by atoms with Crippen LogP contribution in [0.2, 0.25) is 0 Å². The van der Waals surface area contributed by atoms with E-state index in [2.05, 4.69) is 9.97 Å². The van der Waals surface area contributed by atoms with E-state index in [1.165, 1.54) is 0 Å². The molecule has 0 atom stereocenters. The zero-order valence-corrected chi connectivity index (χ0v) is 12.9. The standard InChI is InChI=1S/C17H18N2O3/c1-4-10-14-12(9-18-16(10)17(20)22-5-2)19-11-7-6-8-13(21-3)15(11)14/h6-9,19H,4-5H2,1-3H3. The fraction of sp³-hybridized carbons (Fsp3) is 0.294. The number of carbonyl (C=O) groups excluding carboxylic acids is 1. The number of H-pyrrole nitrogens is 1. The number of aryl methyl sites for hydroxylation is 1. The molecule has 114 valence electrons. The fourth-order valence-corrected chi connectivity index (χ4v) is 2.86. The van der Waals surface area contributed by atoms with E-state index < -0.39 is 0 Å². The van der Waals surface area contributed by atoms with Gasteiger partial charge in [-0.15, -0.1) is 0 Å². The molecule has 3 rings (SSSR count). The lowest BCUT2D eigenvalue weighted by Crippen LogP contribution is -2.10. The average Bonchev–Trinajstić information content (AvgIpc) is 2.92. The second-order valence-corrected chi connectivity index (χ2v) is 4.96. The van der Waals surface area contributed by atoms with Crippen LogP contribution in [0.3, 0.4) is 0 Å². The summed E-state index contributed by atoms with van der Waals surface area (Å²) in [5.41, 5.74) is 3.12. The Morgan fingerprint density at radius 3 is 2.73 bits per heavy atom. The van der Waals surface area contributed by atoms with Crippen LogP contribution in [0.25, 0.3) is 21.8 Å². The Labute approximate surface area is 128 Å². The van der Waals surface area contributed by atoms with E-state index in [1.54, 1.807) is 20.2 Å². The number of aromatic amines is 1. The van der Waals surface area contributed by atoms with Crippen molar-refractivity contribution < 1.29 is 14.3 Å². The smallest absolute Gasteiger partial charge is 0.357 e. The number of benzene rings is 1. The monoisotopic (exact) mass is 298 g/mol. The van der Waals surface area contributed by atoms with Crippen LogP contribution in [0.1, 0.15) is 29.9 Å². The fourth-order valence-electron chi connectivity index (χ4n) is 2.86. The van der Waals surface area contributed by atoms with Crippen LogP contribution in [-0.4, -0.2) is 29.7 Å². The maximum atomic E-state index is 12.2. The molecule has 3 aromatic rings. The van der Waals surface area contributed by atoms with Crippen molar-refractivity contribution in [3.63, 3.8) is 0 Å². The third kappa shape index (κ3) is 2.09. The van der Waals surface area contributed by atoms with Crippen LogP contribution in [-0.2, 0) is 11.2 Å². The predicted octanol–water partition coefficient (Wildman–Crippen LogP) is 3.46. The minimum absolute atomic E-state index is 0.332. The van der Waals surface area contributed by atoms with Crippen molar-refractivity contribution in [3.05, 3.63) is 35.7 Å². The molecule has 0 radical (unpaired) electrons. The Morgan fingerprint density at radius 1 is 1.23 bits per heavy atom. The van der Waals surface area contributed by atoms with Gasteiger partial charge in [0.1, 0.15) is 5.75 Å². The molecule has 2 aromatic heterocycles. The van der Waals surface area contributed by atoms with Crippen LogP contribution >= 0.6 is 0 Å². The first-order valence-corrected chi connectivity index (χ1v) is 7.34. The van der Waals surface area contributed by atoms with E-state index in [4.69, 9.17) is 9.47 Å². The Balaban J connectivity index is 2.39. The normalized spacial score (nSPS) is 11.0. The number of ether oxygens (including phenoxy) is 2. The van der Waals surface area contributed by atoms with E-state index in [-0.39, 0.29) is 5.97 Å². The molecule has 2 heterocycles. The molecule has 22 heavy (non-hydrogen) atoms. The van der Waals surface area contributed by atoms with Gasteiger partial charge in [0.25, 0.3) is 0 Å². The van der Waals surface area contributed by atoms with Gasteiger partial charge in [-0.2, -0.15) is 0 Å². The maximum absolute atomic E-state index is 12.2. The lowest BCUT2D eigenvalue weighted by atomic mass is 10.0. The molecule has 0 saturated heterocycles. The number of hydrogen-bond donors (Lipinski definition) is 1. The van der Waals surface area contributed by atoms with Crippen molar-refractivity contribution in [1.82, 2.24) is 9.97 Å². The van der Waals surface area contributed by atoms with Crippen LogP contribution in [0.15, 0.2) is 24.4 Å². The van der Waals surface area contributed by atoms with Gasteiger partial charge < -0.3 is 14.5 Å². The molecule has 0 aliphatic heterocycles. The summed E-state index contributed by atoms with van der Waals surface area (Å²) in [7, 11) is 1.65. The van der Waals surface area contributed by atoms with Gasteiger partial charge in [-0.05, 0) is 31.0 Å². The van der Waals surface area contributed by atoms with E-state index in [9.17, 15) is 4.79 Å². The molecular weight excluding hydrogens is 280 g/mol. The van der Waals surface area contributed by atoms with Crippen molar-refractivity contribution in [3.8, 4) is 5.75 Å². The topological polar surface area (TPSA) is 64.2 Å². The number of fused-ring (bicyclic) bond motifs is 3. The van der Waals surface area contributed by atoms with Gasteiger partial charge in [0.05, 0.1) is 30.9 Å². The van der Waals surface area contributed by atoms with Gasteiger partial charge >= 0.3 is 5.97 Å². The highest BCUT2D eigenvalue weighted by atomic mass is 16.5. The van der Waals surface area contributed by atoms with Crippen molar-refractivity contribution in [2.75, 3.05) is 13.7 Å². The summed E-state index contributed by atoms with van der Waals surface area (Å²) < 4.78 is 10.6. The number of methoxy groups -OCH3 is 1. The second-order valence-electron chi connectivity index (χ2n) is 4.96. The number of esters is 1. The van der Waals surface area contributed by atoms with Crippen molar-refractivity contribution in [2.45, 2.75) is 20.3 Å². The Morgan fingerprint density at radius 2 is 2.05 bits per heavy atom. The van der Waals surface area contributed by atoms with E-state index in [0.717, 1.165) is 33.1 Å². The lowest BCUT2D eigenvalue weighted by Gasteiger charge is -2.09. The molecule has 1 N–H and O–H groups in total. The van der Waals surface area contributed by atoms with E-state index in [1.807, 2.05) is 25.1 Å². The summed E-state index contributed by atoms with van der Waals surface area (Å²) in [6, 6.07) is 5.84. The summed E-state index contributed by atoms with van der Waals surface area (Å²) in [5.74, 6) is 0.393. The molecule has 0 unspecified atom stereocenters. The quantitative estimate of drug-likeness (QED) is 0.749. The number of hydrogen-bond acceptors (Lipinski definition) is 4. The molecule has 0 aliphatic carbocycles. The highest BCUT2D eigenvalue weighted by Crippen LogP contribution is 2.35. The third-order valence-electron chi connectivity index (χ3n) is 3.77. The Bertz CT molecular complexity index is 852. The first-order chi connectivity index (χ1) is 10.7. The highest BCUT2D eigenvalue weighted by Gasteiger charge is 2.20. The van der Waals surface area contributed by atoms with Gasteiger partial charge in [-0.1, -0.05) is 13.0 Å². The van der Waals surface area contributed by atoms with E-state index >= 15 is 0 Å². The molecule has 0 spiro atoms. The van der Waals surface area contributed by atoms with Gasteiger partial charge in [-0.3, -0.25) is 0 Å². The molecule has 1 aromatic carbocycles. The molecule has 0 aliphatic rings. The molecule has 0 saturated carbocycles. The number of aromatic nitrogens is 2. The minimum atomic E-state index is -0.384. The van der Waals surface area contributed by atoms with Crippen LogP contribution in [0, 0.1) is 0 Å². The number of pyridine rings is 1. The van der Waals surface area contributed by atoms with Crippen molar-refractivity contribution in [1.29, 1.82) is 0 Å².